The number of aliphatic carboxylic acids is 2. The first kappa shape index (κ1) is 25.0. The Morgan fingerprint density at radius 3 is 2.18 bits per heavy atom. The third-order valence-electron chi connectivity index (χ3n) is 5.59. The second-order valence-electron chi connectivity index (χ2n) is 8.26. The van der Waals surface area contributed by atoms with Crippen LogP contribution >= 0.6 is 0 Å². The van der Waals surface area contributed by atoms with E-state index in [-0.39, 0.29) is 0 Å². The van der Waals surface area contributed by atoms with Crippen LogP contribution in [0.1, 0.15) is 30.4 Å². The molecule has 1 aliphatic heterocycles. The van der Waals surface area contributed by atoms with Crippen molar-refractivity contribution in [1.29, 1.82) is 0 Å². The third-order valence-corrected chi connectivity index (χ3v) is 5.59. The number of likely N-dealkylation sites (tertiary alicyclic amines) is 1. The summed E-state index contributed by atoms with van der Waals surface area (Å²) < 4.78 is 8.18. The van der Waals surface area contributed by atoms with Crippen molar-refractivity contribution in [2.75, 3.05) is 19.6 Å². The molecular formula is C26H31N3O5. The Morgan fingerprint density at radius 1 is 0.912 bits per heavy atom. The van der Waals surface area contributed by atoms with Gasteiger partial charge in [-0.05, 0) is 44.0 Å². The summed E-state index contributed by atoms with van der Waals surface area (Å²) in [7, 11) is 0. The SMILES string of the molecule is Cc1ccc(-c2cn(CCN3CCCCC3)nc2OCc2ccccc2)cc1.O=C(O)C(=O)O. The average molecular weight is 466 g/mol. The molecule has 34 heavy (non-hydrogen) atoms. The fourth-order valence-electron chi connectivity index (χ4n) is 3.71. The molecular weight excluding hydrogens is 434 g/mol. The number of ether oxygens (including phenoxy) is 1. The van der Waals surface area contributed by atoms with Gasteiger partial charge in [0.05, 0.1) is 12.1 Å². The Kier molecular flexibility index (Phi) is 9.22. The predicted octanol–water partition coefficient (Wildman–Crippen LogP) is 4.08. The summed E-state index contributed by atoms with van der Waals surface area (Å²) in [5, 5.41) is 19.6. The van der Waals surface area contributed by atoms with Crippen LogP contribution in [0.4, 0.5) is 0 Å². The van der Waals surface area contributed by atoms with Crippen molar-refractivity contribution in [3.05, 3.63) is 71.9 Å². The molecule has 180 valence electrons. The molecule has 1 aromatic heterocycles. The largest absolute Gasteiger partial charge is 0.473 e. The molecule has 0 bridgehead atoms. The molecule has 4 rings (SSSR count). The molecule has 0 atom stereocenters. The Morgan fingerprint density at radius 2 is 1.56 bits per heavy atom. The molecule has 0 radical (unpaired) electrons. The Labute approximate surface area is 199 Å². The number of rotatable bonds is 7. The van der Waals surface area contributed by atoms with Crippen molar-refractivity contribution in [2.24, 2.45) is 0 Å². The van der Waals surface area contributed by atoms with Crippen LogP contribution < -0.4 is 4.74 Å². The lowest BCUT2D eigenvalue weighted by atomic mass is 10.1. The zero-order valence-electron chi connectivity index (χ0n) is 19.4. The third kappa shape index (κ3) is 7.74. The summed E-state index contributed by atoms with van der Waals surface area (Å²) in [6, 6.07) is 18.8. The molecule has 0 amide bonds. The Balaban J connectivity index is 0.000000481. The highest BCUT2D eigenvalue weighted by atomic mass is 16.5. The number of carboxylic acid groups (broad SMARTS) is 2. The van der Waals surface area contributed by atoms with Gasteiger partial charge in [-0.25, -0.2) is 9.59 Å². The molecule has 2 heterocycles. The summed E-state index contributed by atoms with van der Waals surface area (Å²) in [6.07, 6.45) is 6.14. The highest BCUT2D eigenvalue weighted by Crippen LogP contribution is 2.29. The molecule has 0 unspecified atom stereocenters. The first-order valence-electron chi connectivity index (χ1n) is 11.4. The van der Waals surface area contributed by atoms with E-state index in [1.54, 1.807) is 0 Å². The van der Waals surface area contributed by atoms with Crippen LogP contribution in [0.15, 0.2) is 60.8 Å². The normalized spacial score (nSPS) is 13.6. The van der Waals surface area contributed by atoms with Gasteiger partial charge >= 0.3 is 11.9 Å². The van der Waals surface area contributed by atoms with Gasteiger partial charge in [-0.3, -0.25) is 4.68 Å². The Bertz CT molecular complexity index is 1050. The molecule has 1 aliphatic rings. The fraction of sp³-hybridized carbons (Fsp3) is 0.346. The van der Waals surface area contributed by atoms with Crippen LogP contribution in [0.25, 0.3) is 11.1 Å². The van der Waals surface area contributed by atoms with E-state index in [1.165, 1.54) is 37.9 Å². The number of piperidine rings is 1. The molecule has 2 aromatic carbocycles. The lowest BCUT2D eigenvalue weighted by Crippen LogP contribution is -2.32. The minimum atomic E-state index is -1.82. The number of hydrogen-bond donors (Lipinski definition) is 2. The number of hydrogen-bond acceptors (Lipinski definition) is 5. The number of carboxylic acids is 2. The van der Waals surface area contributed by atoms with Gasteiger partial charge < -0.3 is 19.8 Å². The van der Waals surface area contributed by atoms with E-state index >= 15 is 0 Å². The maximum Gasteiger partial charge on any atom is 0.414 e. The standard InChI is InChI=1S/C24H29N3O.C2H2O4/c1-20-10-12-22(13-11-20)23-18-27(17-16-26-14-6-3-7-15-26)25-24(23)28-19-21-8-4-2-5-9-21;3-1(4)2(5)6/h2,4-5,8-13,18H,3,6-7,14-17,19H2,1H3;(H,3,4)(H,5,6). The number of carbonyl (C=O) groups is 2. The van der Waals surface area contributed by atoms with Crippen molar-refractivity contribution in [3.8, 4) is 17.0 Å². The molecule has 3 aromatic rings. The lowest BCUT2D eigenvalue weighted by molar-refractivity contribution is -0.159. The summed E-state index contributed by atoms with van der Waals surface area (Å²) in [5.41, 5.74) is 4.63. The monoisotopic (exact) mass is 465 g/mol. The van der Waals surface area contributed by atoms with E-state index in [0.29, 0.717) is 12.5 Å². The van der Waals surface area contributed by atoms with Gasteiger partial charge in [0, 0.05) is 12.7 Å². The quantitative estimate of drug-likeness (QED) is 0.507. The van der Waals surface area contributed by atoms with E-state index in [0.717, 1.165) is 29.8 Å². The second kappa shape index (κ2) is 12.6. The van der Waals surface area contributed by atoms with Crippen LogP contribution in [-0.2, 0) is 22.7 Å². The smallest absolute Gasteiger partial charge is 0.414 e. The molecule has 1 saturated heterocycles. The van der Waals surface area contributed by atoms with Crippen LogP contribution in [0.5, 0.6) is 5.88 Å². The maximum absolute atomic E-state index is 9.10. The van der Waals surface area contributed by atoms with Crippen LogP contribution in [-0.4, -0.2) is 56.5 Å². The highest BCUT2D eigenvalue weighted by molar-refractivity contribution is 6.27. The molecule has 8 nitrogen and oxygen atoms in total. The van der Waals surface area contributed by atoms with Crippen molar-refractivity contribution in [1.82, 2.24) is 14.7 Å². The van der Waals surface area contributed by atoms with Crippen molar-refractivity contribution in [3.63, 3.8) is 0 Å². The zero-order valence-corrected chi connectivity index (χ0v) is 19.4. The lowest BCUT2D eigenvalue weighted by Gasteiger charge is -2.26. The molecule has 0 spiro atoms. The predicted molar refractivity (Wildman–Crippen MR) is 129 cm³/mol. The van der Waals surface area contributed by atoms with E-state index in [9.17, 15) is 0 Å². The van der Waals surface area contributed by atoms with Gasteiger partial charge in [-0.2, -0.15) is 0 Å². The summed E-state index contributed by atoms with van der Waals surface area (Å²) >= 11 is 0. The van der Waals surface area contributed by atoms with Gasteiger partial charge in [-0.1, -0.05) is 66.6 Å². The molecule has 0 saturated carbocycles. The summed E-state index contributed by atoms with van der Waals surface area (Å²) in [6.45, 7) is 7.01. The molecule has 2 N–H and O–H groups in total. The van der Waals surface area contributed by atoms with Gasteiger partial charge in [0.1, 0.15) is 6.61 Å². The first-order valence-corrected chi connectivity index (χ1v) is 11.4. The molecule has 0 aliphatic carbocycles. The average Bonchev–Trinajstić information content (AvgIpc) is 3.26. The van der Waals surface area contributed by atoms with Gasteiger partial charge in [0.2, 0.25) is 5.88 Å². The number of nitrogens with zero attached hydrogens (tertiary/aromatic N) is 3. The molecule has 8 heteroatoms. The van der Waals surface area contributed by atoms with Crippen LogP contribution in [0.2, 0.25) is 0 Å². The van der Waals surface area contributed by atoms with E-state index in [1.807, 2.05) is 22.9 Å². The van der Waals surface area contributed by atoms with Gasteiger partial charge in [-0.15, -0.1) is 5.10 Å². The fourth-order valence-corrected chi connectivity index (χ4v) is 3.71. The topological polar surface area (TPSA) is 105 Å². The van der Waals surface area contributed by atoms with Gasteiger partial charge in [0.15, 0.2) is 0 Å². The van der Waals surface area contributed by atoms with Gasteiger partial charge in [0.25, 0.3) is 0 Å². The van der Waals surface area contributed by atoms with Crippen molar-refractivity contribution in [2.45, 2.75) is 39.3 Å². The zero-order chi connectivity index (χ0) is 24.3. The number of benzene rings is 2. The highest BCUT2D eigenvalue weighted by Gasteiger charge is 2.15. The summed E-state index contributed by atoms with van der Waals surface area (Å²) in [5.74, 6) is -2.93. The number of aryl methyl sites for hydroxylation is 1. The van der Waals surface area contributed by atoms with E-state index in [2.05, 4.69) is 54.4 Å². The minimum absolute atomic E-state index is 0.531. The Hall–Kier alpha value is -3.65. The minimum Gasteiger partial charge on any atom is -0.473 e. The first-order chi connectivity index (χ1) is 16.4. The maximum atomic E-state index is 9.10. The van der Waals surface area contributed by atoms with E-state index in [4.69, 9.17) is 29.6 Å². The number of aromatic nitrogens is 2. The second-order valence-corrected chi connectivity index (χ2v) is 8.26. The van der Waals surface area contributed by atoms with Crippen molar-refractivity contribution < 1.29 is 24.5 Å². The summed E-state index contributed by atoms with van der Waals surface area (Å²) in [4.78, 5) is 20.7. The van der Waals surface area contributed by atoms with Crippen molar-refractivity contribution >= 4 is 11.9 Å². The molecule has 1 fully saturated rings. The van der Waals surface area contributed by atoms with Crippen LogP contribution in [0, 0.1) is 6.92 Å². The van der Waals surface area contributed by atoms with E-state index < -0.39 is 11.9 Å². The van der Waals surface area contributed by atoms with Crippen LogP contribution in [0.3, 0.4) is 0 Å².